The minimum absolute atomic E-state index is 0.0282. The normalized spacial score (nSPS) is 10.5. The number of hydrazone groups is 1. The number of carbonyl (C=O) groups is 1. The van der Waals surface area contributed by atoms with Gasteiger partial charge in [-0.15, -0.1) is 0 Å². The number of benzene rings is 1. The molecule has 9 heteroatoms. The van der Waals surface area contributed by atoms with Gasteiger partial charge in [0.05, 0.1) is 11.1 Å². The number of pyridine rings is 1. The highest BCUT2D eigenvalue weighted by atomic mass is 16.6. The molecule has 0 fully saturated rings. The first kappa shape index (κ1) is 14.9. The van der Waals surface area contributed by atoms with E-state index >= 15 is 0 Å². The summed E-state index contributed by atoms with van der Waals surface area (Å²) in [5.74, 6) is -1.59. The van der Waals surface area contributed by atoms with Gasteiger partial charge in [-0.25, -0.2) is 5.43 Å². The molecule has 1 heterocycles. The van der Waals surface area contributed by atoms with E-state index in [1.807, 2.05) is 0 Å². The van der Waals surface area contributed by atoms with Crippen molar-refractivity contribution in [1.29, 1.82) is 0 Å². The van der Waals surface area contributed by atoms with Crippen molar-refractivity contribution in [3.05, 3.63) is 57.9 Å². The molecule has 1 amide bonds. The van der Waals surface area contributed by atoms with Crippen molar-refractivity contribution < 1.29 is 19.9 Å². The van der Waals surface area contributed by atoms with Crippen LogP contribution in [0.3, 0.4) is 0 Å². The van der Waals surface area contributed by atoms with Crippen LogP contribution in [-0.4, -0.2) is 32.2 Å². The second-order valence-electron chi connectivity index (χ2n) is 4.09. The smallest absolute Gasteiger partial charge is 0.311 e. The van der Waals surface area contributed by atoms with Crippen molar-refractivity contribution in [3.8, 4) is 11.5 Å². The minimum atomic E-state index is -0.804. The average molecular weight is 302 g/mol. The van der Waals surface area contributed by atoms with Crippen molar-refractivity contribution in [2.75, 3.05) is 0 Å². The SMILES string of the molecule is O=C(N/N=C/c1cc([N+](=O)[O-])c(O)cc1O)c1ccncc1. The van der Waals surface area contributed by atoms with Crippen LogP contribution in [0.2, 0.25) is 0 Å². The van der Waals surface area contributed by atoms with E-state index in [1.165, 1.54) is 24.5 Å². The molecule has 9 nitrogen and oxygen atoms in total. The summed E-state index contributed by atoms with van der Waals surface area (Å²) in [7, 11) is 0. The van der Waals surface area contributed by atoms with E-state index in [4.69, 9.17) is 0 Å². The highest BCUT2D eigenvalue weighted by Crippen LogP contribution is 2.31. The van der Waals surface area contributed by atoms with Crippen molar-refractivity contribution >= 4 is 17.8 Å². The Kier molecular flexibility index (Phi) is 4.27. The van der Waals surface area contributed by atoms with Crippen molar-refractivity contribution in [2.45, 2.75) is 0 Å². The largest absolute Gasteiger partial charge is 0.507 e. The molecule has 0 saturated carbocycles. The van der Waals surface area contributed by atoms with Gasteiger partial charge in [-0.05, 0) is 12.1 Å². The maximum Gasteiger partial charge on any atom is 0.311 e. The number of nitrogens with one attached hydrogen (secondary N) is 1. The number of hydrogen-bond donors (Lipinski definition) is 3. The molecule has 0 saturated heterocycles. The Labute approximate surface area is 123 Å². The predicted molar refractivity (Wildman–Crippen MR) is 75.7 cm³/mol. The summed E-state index contributed by atoms with van der Waals surface area (Å²) in [5.41, 5.74) is 1.91. The molecule has 112 valence electrons. The summed E-state index contributed by atoms with van der Waals surface area (Å²) in [4.78, 5) is 25.3. The number of phenols is 2. The molecule has 2 aromatic rings. The molecular formula is C13H10N4O5. The molecule has 0 bridgehead atoms. The van der Waals surface area contributed by atoms with Gasteiger partial charge in [0.15, 0.2) is 5.75 Å². The Morgan fingerprint density at radius 3 is 2.59 bits per heavy atom. The van der Waals surface area contributed by atoms with Gasteiger partial charge in [-0.2, -0.15) is 5.10 Å². The zero-order valence-electron chi connectivity index (χ0n) is 11.0. The molecule has 0 aliphatic rings. The number of carbonyl (C=O) groups excluding carboxylic acids is 1. The van der Waals surface area contributed by atoms with E-state index in [0.717, 1.165) is 18.3 Å². The maximum absolute atomic E-state index is 11.7. The standard InChI is InChI=1S/C13H10N4O5/c18-11-6-12(19)10(17(21)22)5-9(11)7-15-16-13(20)8-1-3-14-4-2-8/h1-7,18-19H,(H,16,20)/b15-7+. The Hall–Kier alpha value is -3.49. The van der Waals surface area contributed by atoms with E-state index in [9.17, 15) is 25.1 Å². The molecule has 1 aromatic heterocycles. The monoisotopic (exact) mass is 302 g/mol. The number of aromatic nitrogens is 1. The summed E-state index contributed by atoms with van der Waals surface area (Å²) in [5, 5.41) is 33.2. The van der Waals surface area contributed by atoms with Crippen LogP contribution < -0.4 is 5.43 Å². The molecule has 2 rings (SSSR count). The molecule has 0 aliphatic carbocycles. The topological polar surface area (TPSA) is 138 Å². The van der Waals surface area contributed by atoms with Gasteiger partial charge in [0.2, 0.25) is 0 Å². The lowest BCUT2D eigenvalue weighted by Crippen LogP contribution is -2.17. The zero-order chi connectivity index (χ0) is 16.1. The Morgan fingerprint density at radius 1 is 1.27 bits per heavy atom. The summed E-state index contributed by atoms with van der Waals surface area (Å²) >= 11 is 0. The van der Waals surface area contributed by atoms with Gasteiger partial charge < -0.3 is 10.2 Å². The summed E-state index contributed by atoms with van der Waals surface area (Å²) < 4.78 is 0. The summed E-state index contributed by atoms with van der Waals surface area (Å²) in [6.45, 7) is 0. The average Bonchev–Trinajstić information content (AvgIpc) is 2.49. The highest BCUT2D eigenvalue weighted by Gasteiger charge is 2.16. The third-order valence-electron chi connectivity index (χ3n) is 2.63. The molecule has 0 radical (unpaired) electrons. The lowest BCUT2D eigenvalue weighted by Gasteiger charge is -2.02. The van der Waals surface area contributed by atoms with Crippen LogP contribution in [-0.2, 0) is 0 Å². The predicted octanol–water partition coefficient (Wildman–Crippen LogP) is 1.16. The molecule has 1 aromatic carbocycles. The quantitative estimate of drug-likeness (QED) is 0.440. The molecule has 0 atom stereocenters. The zero-order valence-corrected chi connectivity index (χ0v) is 11.0. The number of nitro benzene ring substituents is 1. The number of hydrogen-bond acceptors (Lipinski definition) is 7. The van der Waals surface area contributed by atoms with E-state index in [-0.39, 0.29) is 5.56 Å². The molecule has 0 spiro atoms. The van der Waals surface area contributed by atoms with Crippen LogP contribution in [0.5, 0.6) is 11.5 Å². The number of rotatable bonds is 4. The van der Waals surface area contributed by atoms with Crippen molar-refractivity contribution in [3.63, 3.8) is 0 Å². The molecule has 0 aliphatic heterocycles. The summed E-state index contributed by atoms with van der Waals surface area (Å²) in [6.07, 6.45) is 3.91. The van der Waals surface area contributed by atoms with E-state index < -0.39 is 28.0 Å². The Bertz CT molecular complexity index is 746. The van der Waals surface area contributed by atoms with E-state index in [2.05, 4.69) is 15.5 Å². The number of nitro groups is 1. The fourth-order valence-electron chi connectivity index (χ4n) is 1.56. The maximum atomic E-state index is 11.7. The van der Waals surface area contributed by atoms with Gasteiger partial charge in [-0.1, -0.05) is 0 Å². The lowest BCUT2D eigenvalue weighted by atomic mass is 10.2. The Balaban J connectivity index is 2.15. The summed E-state index contributed by atoms with van der Waals surface area (Å²) in [6, 6.07) is 4.72. The fraction of sp³-hybridized carbons (Fsp3) is 0. The van der Waals surface area contributed by atoms with Crippen LogP contribution in [0, 0.1) is 10.1 Å². The highest BCUT2D eigenvalue weighted by molar-refractivity contribution is 5.95. The van der Waals surface area contributed by atoms with Gasteiger partial charge >= 0.3 is 5.69 Å². The van der Waals surface area contributed by atoms with E-state index in [1.54, 1.807) is 0 Å². The third-order valence-corrected chi connectivity index (χ3v) is 2.63. The number of amides is 1. The third kappa shape index (κ3) is 3.33. The van der Waals surface area contributed by atoms with Crippen LogP contribution in [0.4, 0.5) is 5.69 Å². The Morgan fingerprint density at radius 2 is 1.95 bits per heavy atom. The van der Waals surface area contributed by atoms with Crippen molar-refractivity contribution in [2.24, 2.45) is 5.10 Å². The first-order chi connectivity index (χ1) is 10.5. The van der Waals surface area contributed by atoms with Gasteiger partial charge in [0.1, 0.15) is 5.75 Å². The lowest BCUT2D eigenvalue weighted by molar-refractivity contribution is -0.385. The first-order valence-electron chi connectivity index (χ1n) is 5.93. The molecule has 0 unspecified atom stereocenters. The number of phenolic OH excluding ortho intramolecular Hbond substituents is 2. The van der Waals surface area contributed by atoms with E-state index in [0.29, 0.717) is 5.56 Å². The van der Waals surface area contributed by atoms with Gasteiger partial charge in [0.25, 0.3) is 5.91 Å². The van der Waals surface area contributed by atoms with Crippen molar-refractivity contribution in [1.82, 2.24) is 10.4 Å². The van der Waals surface area contributed by atoms with Crippen LogP contribution in [0.25, 0.3) is 0 Å². The second kappa shape index (κ2) is 6.31. The van der Waals surface area contributed by atoms with Crippen LogP contribution >= 0.6 is 0 Å². The number of nitrogens with zero attached hydrogens (tertiary/aromatic N) is 3. The second-order valence-corrected chi connectivity index (χ2v) is 4.09. The van der Waals surface area contributed by atoms with Gasteiger partial charge in [-0.3, -0.25) is 19.9 Å². The van der Waals surface area contributed by atoms with Crippen LogP contribution in [0.15, 0.2) is 41.8 Å². The minimum Gasteiger partial charge on any atom is -0.507 e. The molecule has 3 N–H and O–H groups in total. The fourth-order valence-corrected chi connectivity index (χ4v) is 1.56. The van der Waals surface area contributed by atoms with Gasteiger partial charge in [0, 0.05) is 35.7 Å². The number of aromatic hydroxyl groups is 2. The first-order valence-corrected chi connectivity index (χ1v) is 5.93. The van der Waals surface area contributed by atoms with Crippen LogP contribution in [0.1, 0.15) is 15.9 Å². The molecular weight excluding hydrogens is 292 g/mol. The molecule has 22 heavy (non-hydrogen) atoms.